The van der Waals surface area contributed by atoms with Gasteiger partial charge in [0.25, 0.3) is 0 Å². The highest BCUT2D eigenvalue weighted by atomic mass is 127. The monoisotopic (exact) mass is 268 g/mol. The van der Waals surface area contributed by atoms with E-state index >= 15 is 0 Å². The van der Waals surface area contributed by atoms with E-state index in [1.54, 1.807) is 0 Å². The van der Waals surface area contributed by atoms with Gasteiger partial charge in [-0.15, -0.1) is 0 Å². The first-order valence-electron chi connectivity index (χ1n) is 4.18. The highest BCUT2D eigenvalue weighted by Crippen LogP contribution is 2.41. The second-order valence-corrected chi connectivity index (χ2v) is 4.25. The largest absolute Gasteiger partial charge is 0.348 e. The van der Waals surface area contributed by atoms with E-state index < -0.39 is 0 Å². The highest BCUT2D eigenvalue weighted by Gasteiger charge is 2.43. The SMILES string of the molecule is IC[C@@H]1CCC2(C1)OCCO2. The lowest BCUT2D eigenvalue weighted by Gasteiger charge is -2.20. The van der Waals surface area contributed by atoms with Gasteiger partial charge in [0.1, 0.15) is 0 Å². The van der Waals surface area contributed by atoms with Gasteiger partial charge in [-0.2, -0.15) is 0 Å². The lowest BCUT2D eigenvalue weighted by Crippen LogP contribution is -2.26. The predicted molar refractivity (Wildman–Crippen MR) is 50.9 cm³/mol. The minimum Gasteiger partial charge on any atom is -0.348 e. The van der Waals surface area contributed by atoms with E-state index in [9.17, 15) is 0 Å². The minimum atomic E-state index is -0.143. The van der Waals surface area contributed by atoms with Crippen molar-refractivity contribution in [3.8, 4) is 0 Å². The van der Waals surface area contributed by atoms with E-state index in [1.807, 2.05) is 0 Å². The van der Waals surface area contributed by atoms with Crippen molar-refractivity contribution in [1.82, 2.24) is 0 Å². The number of rotatable bonds is 1. The van der Waals surface area contributed by atoms with Gasteiger partial charge >= 0.3 is 0 Å². The summed E-state index contributed by atoms with van der Waals surface area (Å²) in [4.78, 5) is 0. The summed E-state index contributed by atoms with van der Waals surface area (Å²) in [6.07, 6.45) is 3.51. The first-order chi connectivity index (χ1) is 5.35. The third-order valence-corrected chi connectivity index (χ3v) is 3.81. The molecule has 1 aliphatic carbocycles. The summed E-state index contributed by atoms with van der Waals surface area (Å²) in [5.41, 5.74) is 0. The molecule has 64 valence electrons. The van der Waals surface area contributed by atoms with Gasteiger partial charge < -0.3 is 9.47 Å². The topological polar surface area (TPSA) is 18.5 Å². The molecular weight excluding hydrogens is 255 g/mol. The zero-order chi connectivity index (χ0) is 7.73. The molecule has 1 heterocycles. The smallest absolute Gasteiger partial charge is 0.168 e. The maximum atomic E-state index is 5.61. The molecule has 2 nitrogen and oxygen atoms in total. The number of hydrogen-bond acceptors (Lipinski definition) is 2. The Morgan fingerprint density at radius 2 is 2.09 bits per heavy atom. The highest BCUT2D eigenvalue weighted by molar-refractivity contribution is 14.1. The molecule has 0 unspecified atom stereocenters. The predicted octanol–water partition coefficient (Wildman–Crippen LogP) is 1.96. The Hall–Kier alpha value is 0.650. The van der Waals surface area contributed by atoms with Crippen LogP contribution >= 0.6 is 22.6 Å². The molecule has 1 aliphatic heterocycles. The molecule has 1 spiro atoms. The second kappa shape index (κ2) is 3.18. The molecule has 0 aromatic carbocycles. The fourth-order valence-electron chi connectivity index (χ4n) is 1.96. The van der Waals surface area contributed by atoms with E-state index in [-0.39, 0.29) is 5.79 Å². The van der Waals surface area contributed by atoms with E-state index in [1.165, 1.54) is 10.8 Å². The van der Waals surface area contributed by atoms with Gasteiger partial charge in [-0.1, -0.05) is 22.6 Å². The maximum Gasteiger partial charge on any atom is 0.168 e. The maximum absolute atomic E-state index is 5.61. The summed E-state index contributed by atoms with van der Waals surface area (Å²) in [5, 5.41) is 0. The fourth-order valence-corrected chi connectivity index (χ4v) is 2.71. The van der Waals surface area contributed by atoms with Gasteiger partial charge in [-0.3, -0.25) is 0 Å². The Balaban J connectivity index is 1.96. The van der Waals surface area contributed by atoms with Crippen molar-refractivity contribution in [2.45, 2.75) is 25.0 Å². The van der Waals surface area contributed by atoms with Crippen LogP contribution in [0.1, 0.15) is 19.3 Å². The van der Waals surface area contributed by atoms with Gasteiger partial charge in [0, 0.05) is 17.3 Å². The molecule has 1 atom stereocenters. The van der Waals surface area contributed by atoms with Gasteiger partial charge in [-0.25, -0.2) is 0 Å². The molecule has 2 aliphatic rings. The quantitative estimate of drug-likeness (QED) is 0.534. The molecule has 0 aromatic rings. The van der Waals surface area contributed by atoms with E-state index in [0.717, 1.165) is 32.0 Å². The first-order valence-corrected chi connectivity index (χ1v) is 5.71. The summed E-state index contributed by atoms with van der Waals surface area (Å²) >= 11 is 2.45. The molecule has 0 amide bonds. The molecule has 0 N–H and O–H groups in total. The minimum absolute atomic E-state index is 0.143. The molecular formula is C8H13IO2. The van der Waals surface area contributed by atoms with Crippen LogP contribution < -0.4 is 0 Å². The van der Waals surface area contributed by atoms with Crippen molar-refractivity contribution in [3.05, 3.63) is 0 Å². The van der Waals surface area contributed by atoms with Crippen LogP contribution in [0.5, 0.6) is 0 Å². The van der Waals surface area contributed by atoms with E-state index in [0.29, 0.717) is 0 Å². The average molecular weight is 268 g/mol. The molecule has 0 radical (unpaired) electrons. The average Bonchev–Trinajstić information content (AvgIpc) is 2.62. The summed E-state index contributed by atoms with van der Waals surface area (Å²) in [5.74, 6) is 0.684. The second-order valence-electron chi connectivity index (χ2n) is 3.37. The van der Waals surface area contributed by atoms with Crippen molar-refractivity contribution in [2.24, 2.45) is 5.92 Å². The zero-order valence-electron chi connectivity index (χ0n) is 6.51. The van der Waals surface area contributed by atoms with Crippen LogP contribution in [0.3, 0.4) is 0 Å². The number of hydrogen-bond donors (Lipinski definition) is 0. The molecule has 0 bridgehead atoms. The van der Waals surface area contributed by atoms with Crippen LogP contribution in [0.15, 0.2) is 0 Å². The van der Waals surface area contributed by atoms with Crippen LogP contribution in [0.2, 0.25) is 0 Å². The lowest BCUT2D eigenvalue weighted by molar-refractivity contribution is -0.152. The molecule has 0 aromatic heterocycles. The van der Waals surface area contributed by atoms with Crippen molar-refractivity contribution in [2.75, 3.05) is 17.6 Å². The summed E-state index contributed by atoms with van der Waals surface area (Å²) < 4.78 is 12.5. The Morgan fingerprint density at radius 3 is 2.64 bits per heavy atom. The number of halogens is 1. The van der Waals surface area contributed by atoms with Crippen LogP contribution in [-0.2, 0) is 9.47 Å². The van der Waals surface area contributed by atoms with Crippen LogP contribution in [-0.4, -0.2) is 23.4 Å². The van der Waals surface area contributed by atoms with Crippen molar-refractivity contribution in [1.29, 1.82) is 0 Å². The zero-order valence-corrected chi connectivity index (χ0v) is 8.67. The van der Waals surface area contributed by atoms with Crippen LogP contribution in [0.4, 0.5) is 0 Å². The number of alkyl halides is 1. The Kier molecular flexibility index (Phi) is 2.39. The third kappa shape index (κ3) is 1.55. The number of ether oxygens (including phenoxy) is 2. The van der Waals surface area contributed by atoms with Gasteiger partial charge in [-0.05, 0) is 12.3 Å². The van der Waals surface area contributed by atoms with Gasteiger partial charge in [0.15, 0.2) is 5.79 Å². The molecule has 1 saturated carbocycles. The fraction of sp³-hybridized carbons (Fsp3) is 1.00. The molecule has 3 heteroatoms. The Labute approximate surface area is 80.8 Å². The van der Waals surface area contributed by atoms with Gasteiger partial charge in [0.2, 0.25) is 0 Å². The lowest BCUT2D eigenvalue weighted by atomic mass is 10.1. The normalized spacial score (nSPS) is 35.2. The molecule has 11 heavy (non-hydrogen) atoms. The van der Waals surface area contributed by atoms with Crippen LogP contribution in [0, 0.1) is 5.92 Å². The van der Waals surface area contributed by atoms with Crippen molar-refractivity contribution in [3.63, 3.8) is 0 Å². The molecule has 2 rings (SSSR count). The summed E-state index contributed by atoms with van der Waals surface area (Å²) in [6, 6.07) is 0. The van der Waals surface area contributed by atoms with E-state index in [4.69, 9.17) is 9.47 Å². The van der Waals surface area contributed by atoms with Crippen LogP contribution in [0.25, 0.3) is 0 Å². The third-order valence-electron chi connectivity index (χ3n) is 2.56. The van der Waals surface area contributed by atoms with Gasteiger partial charge in [0.05, 0.1) is 13.2 Å². The summed E-state index contributed by atoms with van der Waals surface area (Å²) in [6.45, 7) is 1.60. The summed E-state index contributed by atoms with van der Waals surface area (Å²) in [7, 11) is 0. The standard InChI is InChI=1S/C8H13IO2/c9-6-7-1-2-8(5-7)10-3-4-11-8/h7H,1-6H2/t7-/m1/s1. The van der Waals surface area contributed by atoms with Crippen molar-refractivity contribution >= 4 is 22.6 Å². The van der Waals surface area contributed by atoms with Crippen molar-refractivity contribution < 1.29 is 9.47 Å². The Morgan fingerprint density at radius 1 is 1.36 bits per heavy atom. The van der Waals surface area contributed by atoms with E-state index in [2.05, 4.69) is 22.6 Å². The first kappa shape index (κ1) is 8.26. The molecule has 1 saturated heterocycles. The Bertz CT molecular complexity index is 143. The molecule has 2 fully saturated rings.